The molecule has 1 aromatic heterocycles. The lowest BCUT2D eigenvalue weighted by Gasteiger charge is -2.42. The Kier molecular flexibility index (Phi) is 4.51. The van der Waals surface area contributed by atoms with Crippen molar-refractivity contribution in [2.75, 3.05) is 13.7 Å². The van der Waals surface area contributed by atoms with Crippen LogP contribution in [0.4, 0.5) is 0 Å². The first-order valence-corrected chi connectivity index (χ1v) is 9.65. The maximum absolute atomic E-state index is 13.1. The highest BCUT2D eigenvalue weighted by molar-refractivity contribution is 7.89. The van der Waals surface area contributed by atoms with Crippen LogP contribution in [-0.4, -0.2) is 43.0 Å². The molecule has 0 aromatic carbocycles. The molecule has 0 amide bonds. The Bertz CT molecular complexity index is 693. The van der Waals surface area contributed by atoms with Crippen molar-refractivity contribution in [2.45, 2.75) is 49.5 Å². The number of esters is 1. The molecule has 2 atom stereocenters. The number of hydrogen-bond acceptors (Lipinski definition) is 4. The second kappa shape index (κ2) is 6.28. The number of hydrogen-bond donors (Lipinski definition) is 0. The zero-order valence-corrected chi connectivity index (χ0v) is 14.5. The molecule has 1 saturated carbocycles. The van der Waals surface area contributed by atoms with Crippen LogP contribution in [0.3, 0.4) is 0 Å². The van der Waals surface area contributed by atoms with E-state index in [0.29, 0.717) is 12.5 Å². The van der Waals surface area contributed by atoms with Crippen molar-refractivity contribution in [3.8, 4) is 0 Å². The molecule has 2 heterocycles. The zero-order valence-electron chi connectivity index (χ0n) is 13.7. The van der Waals surface area contributed by atoms with Gasteiger partial charge in [-0.1, -0.05) is 12.8 Å². The SMILES string of the molecule is COC(=O)c1cc(S(=O)(=O)N2CCCC3CCCCC32)cn1C. The Balaban J connectivity index is 1.93. The molecular weight excluding hydrogens is 316 g/mol. The van der Waals surface area contributed by atoms with Crippen LogP contribution < -0.4 is 0 Å². The van der Waals surface area contributed by atoms with Gasteiger partial charge in [-0.05, 0) is 37.7 Å². The van der Waals surface area contributed by atoms with Crippen LogP contribution in [0.15, 0.2) is 17.2 Å². The molecule has 2 unspecified atom stereocenters. The first kappa shape index (κ1) is 16.5. The third kappa shape index (κ3) is 2.92. The van der Waals surface area contributed by atoms with E-state index in [0.717, 1.165) is 32.1 Å². The number of carbonyl (C=O) groups excluding carboxylic acids is 1. The number of sulfonamides is 1. The molecule has 0 spiro atoms. The summed E-state index contributed by atoms with van der Waals surface area (Å²) in [7, 11) is -0.621. The molecule has 6 nitrogen and oxygen atoms in total. The minimum absolute atomic E-state index is 0.115. The predicted molar refractivity (Wildman–Crippen MR) is 85.6 cm³/mol. The average molecular weight is 340 g/mol. The average Bonchev–Trinajstić information content (AvgIpc) is 2.96. The van der Waals surface area contributed by atoms with Gasteiger partial charge in [0, 0.05) is 25.8 Å². The lowest BCUT2D eigenvalue weighted by atomic mass is 9.79. The fourth-order valence-electron chi connectivity index (χ4n) is 4.00. The summed E-state index contributed by atoms with van der Waals surface area (Å²) < 4.78 is 34.1. The summed E-state index contributed by atoms with van der Waals surface area (Å²) in [5, 5.41) is 0. The Morgan fingerprint density at radius 3 is 2.65 bits per heavy atom. The Morgan fingerprint density at radius 2 is 1.91 bits per heavy atom. The molecular formula is C16H24N2O4S. The summed E-state index contributed by atoms with van der Waals surface area (Å²) in [4.78, 5) is 11.9. The summed E-state index contributed by atoms with van der Waals surface area (Å²) >= 11 is 0. The Hall–Kier alpha value is -1.34. The van der Waals surface area contributed by atoms with E-state index in [9.17, 15) is 13.2 Å². The number of carbonyl (C=O) groups is 1. The van der Waals surface area contributed by atoms with E-state index in [1.165, 1.54) is 30.4 Å². The molecule has 23 heavy (non-hydrogen) atoms. The highest BCUT2D eigenvalue weighted by Crippen LogP contribution is 2.38. The number of rotatable bonds is 3. The number of fused-ring (bicyclic) bond motifs is 1. The van der Waals surface area contributed by atoms with Crippen LogP contribution in [-0.2, 0) is 21.8 Å². The number of nitrogens with zero attached hydrogens (tertiary/aromatic N) is 2. The van der Waals surface area contributed by atoms with Gasteiger partial charge < -0.3 is 9.30 Å². The van der Waals surface area contributed by atoms with Crippen LogP contribution in [0.2, 0.25) is 0 Å². The zero-order chi connectivity index (χ0) is 16.6. The highest BCUT2D eigenvalue weighted by Gasteiger charge is 2.40. The van der Waals surface area contributed by atoms with Gasteiger partial charge in [-0.25, -0.2) is 13.2 Å². The van der Waals surface area contributed by atoms with E-state index in [-0.39, 0.29) is 16.6 Å². The third-order valence-electron chi connectivity index (χ3n) is 5.17. The summed E-state index contributed by atoms with van der Waals surface area (Å²) in [6, 6.07) is 1.54. The van der Waals surface area contributed by atoms with Crippen molar-refractivity contribution in [3.05, 3.63) is 18.0 Å². The van der Waals surface area contributed by atoms with Crippen LogP contribution in [0.1, 0.15) is 49.0 Å². The minimum atomic E-state index is -3.57. The fraction of sp³-hybridized carbons (Fsp3) is 0.688. The quantitative estimate of drug-likeness (QED) is 0.791. The van der Waals surface area contributed by atoms with E-state index < -0.39 is 16.0 Å². The molecule has 0 bridgehead atoms. The van der Waals surface area contributed by atoms with E-state index >= 15 is 0 Å². The Morgan fingerprint density at radius 1 is 1.22 bits per heavy atom. The van der Waals surface area contributed by atoms with Gasteiger partial charge in [0.2, 0.25) is 10.0 Å². The van der Waals surface area contributed by atoms with Crippen molar-refractivity contribution < 1.29 is 17.9 Å². The Labute approximate surface area is 137 Å². The normalized spacial score (nSPS) is 25.8. The number of aryl methyl sites for hydroxylation is 1. The minimum Gasteiger partial charge on any atom is -0.464 e. The van der Waals surface area contributed by atoms with Gasteiger partial charge in [0.1, 0.15) is 10.6 Å². The monoisotopic (exact) mass is 340 g/mol. The molecule has 0 N–H and O–H groups in total. The summed E-state index contributed by atoms with van der Waals surface area (Å²) in [6.07, 6.45) is 7.91. The topological polar surface area (TPSA) is 68.6 Å². The second-order valence-corrected chi connectivity index (χ2v) is 8.42. The number of methoxy groups -OCH3 is 1. The van der Waals surface area contributed by atoms with Crippen molar-refractivity contribution in [1.82, 2.24) is 8.87 Å². The van der Waals surface area contributed by atoms with E-state index in [1.54, 1.807) is 11.4 Å². The smallest absolute Gasteiger partial charge is 0.354 e. The van der Waals surface area contributed by atoms with E-state index in [1.807, 2.05) is 0 Å². The van der Waals surface area contributed by atoms with Crippen LogP contribution >= 0.6 is 0 Å². The molecule has 0 radical (unpaired) electrons. The van der Waals surface area contributed by atoms with Crippen molar-refractivity contribution in [1.29, 1.82) is 0 Å². The van der Waals surface area contributed by atoms with Crippen molar-refractivity contribution in [3.63, 3.8) is 0 Å². The van der Waals surface area contributed by atoms with Crippen molar-refractivity contribution >= 4 is 16.0 Å². The van der Waals surface area contributed by atoms with Crippen LogP contribution in [0.5, 0.6) is 0 Å². The molecule has 1 aromatic rings. The largest absolute Gasteiger partial charge is 0.464 e. The lowest BCUT2D eigenvalue weighted by molar-refractivity contribution is 0.0590. The number of aromatic nitrogens is 1. The van der Waals surface area contributed by atoms with Gasteiger partial charge >= 0.3 is 5.97 Å². The van der Waals surface area contributed by atoms with Gasteiger partial charge in [-0.3, -0.25) is 0 Å². The molecule has 1 aliphatic carbocycles. The maximum Gasteiger partial charge on any atom is 0.354 e. The number of ether oxygens (including phenoxy) is 1. The summed E-state index contributed by atoms with van der Waals surface area (Å²) in [5.74, 6) is -0.0424. The molecule has 2 fully saturated rings. The molecule has 1 saturated heterocycles. The maximum atomic E-state index is 13.1. The standard InChI is InChI=1S/C16H24N2O4S/c1-17-11-13(10-15(17)16(19)22-2)23(20,21)18-9-5-7-12-6-3-4-8-14(12)18/h10-12,14H,3-9H2,1-2H3. The highest BCUT2D eigenvalue weighted by atomic mass is 32.2. The van der Waals surface area contributed by atoms with Crippen LogP contribution in [0.25, 0.3) is 0 Å². The fourth-order valence-corrected chi connectivity index (χ4v) is 5.82. The van der Waals surface area contributed by atoms with Gasteiger partial charge in [0.15, 0.2) is 0 Å². The van der Waals surface area contributed by atoms with Crippen molar-refractivity contribution in [2.24, 2.45) is 13.0 Å². The molecule has 2 aliphatic rings. The first-order valence-electron chi connectivity index (χ1n) is 8.21. The second-order valence-electron chi connectivity index (χ2n) is 6.53. The van der Waals surface area contributed by atoms with Crippen LogP contribution in [0, 0.1) is 5.92 Å². The summed E-state index contributed by atoms with van der Waals surface area (Å²) in [6.45, 7) is 0.575. The van der Waals surface area contributed by atoms with Gasteiger partial charge in [-0.2, -0.15) is 4.31 Å². The van der Waals surface area contributed by atoms with Gasteiger partial charge in [0.25, 0.3) is 0 Å². The molecule has 3 rings (SSSR count). The predicted octanol–water partition coefficient (Wildman–Crippen LogP) is 2.16. The lowest BCUT2D eigenvalue weighted by Crippen LogP contribution is -2.49. The number of piperidine rings is 1. The van der Waals surface area contributed by atoms with Gasteiger partial charge in [0.05, 0.1) is 7.11 Å². The molecule has 128 valence electrons. The van der Waals surface area contributed by atoms with E-state index in [2.05, 4.69) is 0 Å². The third-order valence-corrected chi connectivity index (χ3v) is 7.06. The van der Waals surface area contributed by atoms with E-state index in [4.69, 9.17) is 4.74 Å². The first-order chi connectivity index (χ1) is 10.9. The molecule has 1 aliphatic heterocycles. The van der Waals surface area contributed by atoms with Gasteiger partial charge in [-0.15, -0.1) is 0 Å². The molecule has 7 heteroatoms. The summed E-state index contributed by atoms with van der Waals surface area (Å²) in [5.41, 5.74) is 0.253.